The third-order valence-corrected chi connectivity index (χ3v) is 6.86. The van der Waals surface area contributed by atoms with Crippen molar-refractivity contribution in [2.75, 3.05) is 31.7 Å². The van der Waals surface area contributed by atoms with Crippen LogP contribution in [0.15, 0.2) is 46.4 Å². The number of nitrogens with zero attached hydrogens (tertiary/aromatic N) is 3. The molecule has 1 aliphatic heterocycles. The molecule has 0 saturated heterocycles. The van der Waals surface area contributed by atoms with Crippen LogP contribution in [-0.2, 0) is 10.0 Å². The highest BCUT2D eigenvalue weighted by molar-refractivity contribution is 7.89. The molecular weight excluding hydrogens is 424 g/mol. The van der Waals surface area contributed by atoms with Crippen molar-refractivity contribution in [1.82, 2.24) is 4.31 Å². The Bertz CT molecular complexity index is 1110. The maximum absolute atomic E-state index is 12.7. The Morgan fingerprint density at radius 1 is 1.13 bits per heavy atom. The summed E-state index contributed by atoms with van der Waals surface area (Å²) in [6.45, 7) is 6.65. The molecule has 0 aromatic heterocycles. The third kappa shape index (κ3) is 4.78. The minimum absolute atomic E-state index is 0.0837. The molecule has 0 radical (unpaired) electrons. The monoisotopic (exact) mass is 448 g/mol. The summed E-state index contributed by atoms with van der Waals surface area (Å²) in [5.74, 6) is 1.26. The molecular formula is C20H24N4O6S. The fraction of sp³-hybridized carbons (Fsp3) is 0.350. The zero-order chi connectivity index (χ0) is 22.6. The lowest BCUT2D eigenvalue weighted by atomic mass is 10.1. The van der Waals surface area contributed by atoms with Crippen molar-refractivity contribution in [2.45, 2.75) is 25.7 Å². The molecule has 166 valence electrons. The molecule has 31 heavy (non-hydrogen) atoms. The number of ether oxygens (including phenoxy) is 2. The fourth-order valence-electron chi connectivity index (χ4n) is 3.11. The van der Waals surface area contributed by atoms with E-state index in [1.54, 1.807) is 32.9 Å². The van der Waals surface area contributed by atoms with E-state index in [1.165, 1.54) is 16.4 Å². The zero-order valence-corrected chi connectivity index (χ0v) is 18.3. The summed E-state index contributed by atoms with van der Waals surface area (Å²) in [7, 11) is -3.82. The van der Waals surface area contributed by atoms with Crippen LogP contribution in [0.3, 0.4) is 0 Å². The molecule has 3 rings (SSSR count). The highest BCUT2D eigenvalue weighted by Crippen LogP contribution is 2.32. The molecule has 0 unspecified atom stereocenters. The van der Waals surface area contributed by atoms with Crippen LogP contribution in [0.2, 0.25) is 0 Å². The van der Waals surface area contributed by atoms with Gasteiger partial charge in [-0.05, 0) is 37.3 Å². The van der Waals surface area contributed by atoms with E-state index in [2.05, 4.69) is 10.5 Å². The number of benzene rings is 2. The average molecular weight is 449 g/mol. The molecule has 0 atom stereocenters. The van der Waals surface area contributed by atoms with Crippen molar-refractivity contribution < 1.29 is 22.8 Å². The Labute approximate surface area is 180 Å². The maximum Gasteiger partial charge on any atom is 0.295 e. The van der Waals surface area contributed by atoms with Crippen molar-refractivity contribution in [3.63, 3.8) is 0 Å². The number of anilines is 1. The van der Waals surface area contributed by atoms with Crippen molar-refractivity contribution in [3.8, 4) is 11.5 Å². The van der Waals surface area contributed by atoms with E-state index in [-0.39, 0.29) is 29.4 Å². The van der Waals surface area contributed by atoms with Gasteiger partial charge in [-0.15, -0.1) is 0 Å². The summed E-state index contributed by atoms with van der Waals surface area (Å²) in [4.78, 5) is 10.8. The number of hydrogen-bond acceptors (Lipinski definition) is 8. The Balaban J connectivity index is 1.88. The number of nitrogens with one attached hydrogen (secondary N) is 1. The van der Waals surface area contributed by atoms with Gasteiger partial charge in [0, 0.05) is 24.7 Å². The van der Waals surface area contributed by atoms with E-state index >= 15 is 0 Å². The average Bonchev–Trinajstić information content (AvgIpc) is 2.77. The smallest absolute Gasteiger partial charge is 0.295 e. The topological polar surface area (TPSA) is 123 Å². The molecule has 2 aromatic rings. The van der Waals surface area contributed by atoms with Gasteiger partial charge in [-0.25, -0.2) is 8.42 Å². The number of fused-ring (bicyclic) bond motifs is 1. The molecule has 0 aliphatic carbocycles. The summed E-state index contributed by atoms with van der Waals surface area (Å²) in [6, 6.07) is 9.08. The first kappa shape index (κ1) is 22.5. The first-order chi connectivity index (χ1) is 14.8. The number of nitro groups is 1. The van der Waals surface area contributed by atoms with Gasteiger partial charge in [-0.2, -0.15) is 9.41 Å². The van der Waals surface area contributed by atoms with Crippen LogP contribution in [0, 0.1) is 10.1 Å². The van der Waals surface area contributed by atoms with Gasteiger partial charge >= 0.3 is 0 Å². The minimum atomic E-state index is -3.82. The van der Waals surface area contributed by atoms with Crippen LogP contribution in [0.1, 0.15) is 26.3 Å². The highest BCUT2D eigenvalue weighted by Gasteiger charge is 2.25. The molecule has 2 aromatic carbocycles. The summed E-state index contributed by atoms with van der Waals surface area (Å²) < 4.78 is 37.7. The SMILES string of the molecule is CCN(CC)S(=O)(=O)c1ccc(NN=C(C)c2ccc3c(c2)OCCO3)c([N+](=O)[O-])c1. The summed E-state index contributed by atoms with van der Waals surface area (Å²) in [5.41, 5.74) is 3.69. The van der Waals surface area contributed by atoms with Crippen molar-refractivity contribution in [2.24, 2.45) is 5.10 Å². The van der Waals surface area contributed by atoms with Crippen molar-refractivity contribution in [3.05, 3.63) is 52.1 Å². The Kier molecular flexibility index (Phi) is 6.76. The quantitative estimate of drug-likeness (QED) is 0.373. The molecule has 0 spiro atoms. The lowest BCUT2D eigenvalue weighted by Crippen LogP contribution is -2.30. The van der Waals surface area contributed by atoms with E-state index in [9.17, 15) is 18.5 Å². The number of hydrazone groups is 1. The van der Waals surface area contributed by atoms with Gasteiger partial charge < -0.3 is 9.47 Å². The summed E-state index contributed by atoms with van der Waals surface area (Å²) in [5, 5.41) is 15.8. The Morgan fingerprint density at radius 2 is 1.81 bits per heavy atom. The number of sulfonamides is 1. The summed E-state index contributed by atoms with van der Waals surface area (Å²) in [6.07, 6.45) is 0. The number of nitro benzene ring substituents is 1. The standard InChI is InChI=1S/C20H24N4O6S/c1-4-23(5-2)31(27,28)16-7-8-17(18(13-16)24(25)26)22-21-14(3)15-6-9-19-20(12-15)30-11-10-29-19/h6-9,12-13,22H,4-5,10-11H2,1-3H3. The molecule has 11 heteroatoms. The minimum Gasteiger partial charge on any atom is -0.486 e. The molecule has 1 aliphatic rings. The van der Waals surface area contributed by atoms with E-state index in [4.69, 9.17) is 9.47 Å². The molecule has 0 bridgehead atoms. The van der Waals surface area contributed by atoms with Gasteiger partial charge in [0.1, 0.15) is 18.9 Å². The van der Waals surface area contributed by atoms with Crippen LogP contribution in [0.4, 0.5) is 11.4 Å². The normalized spacial score (nSPS) is 13.9. The lowest BCUT2D eigenvalue weighted by molar-refractivity contribution is -0.384. The van der Waals surface area contributed by atoms with E-state index in [0.29, 0.717) is 30.4 Å². The van der Waals surface area contributed by atoms with Crippen molar-refractivity contribution >= 4 is 27.1 Å². The molecule has 0 fully saturated rings. The van der Waals surface area contributed by atoms with Crippen LogP contribution in [0.25, 0.3) is 0 Å². The summed E-state index contributed by atoms with van der Waals surface area (Å²) >= 11 is 0. The second-order valence-electron chi connectivity index (χ2n) is 6.69. The Morgan fingerprint density at radius 3 is 2.45 bits per heavy atom. The first-order valence-electron chi connectivity index (χ1n) is 9.76. The van der Waals surface area contributed by atoms with E-state index < -0.39 is 14.9 Å². The third-order valence-electron chi connectivity index (χ3n) is 4.81. The van der Waals surface area contributed by atoms with Gasteiger partial charge in [0.15, 0.2) is 11.5 Å². The fourth-order valence-corrected chi connectivity index (χ4v) is 4.59. The van der Waals surface area contributed by atoms with Gasteiger partial charge in [0.2, 0.25) is 10.0 Å². The molecule has 10 nitrogen and oxygen atoms in total. The first-order valence-corrected chi connectivity index (χ1v) is 11.2. The molecule has 1 heterocycles. The molecule has 0 amide bonds. The van der Waals surface area contributed by atoms with Gasteiger partial charge in [-0.1, -0.05) is 13.8 Å². The van der Waals surface area contributed by atoms with Crippen molar-refractivity contribution in [1.29, 1.82) is 0 Å². The zero-order valence-electron chi connectivity index (χ0n) is 17.5. The van der Waals surface area contributed by atoms with E-state index in [0.717, 1.165) is 11.6 Å². The van der Waals surface area contributed by atoms with Crippen LogP contribution in [-0.4, -0.2) is 49.7 Å². The van der Waals surface area contributed by atoms with Gasteiger partial charge in [0.05, 0.1) is 15.5 Å². The van der Waals surface area contributed by atoms with Crippen LogP contribution in [0.5, 0.6) is 11.5 Å². The van der Waals surface area contributed by atoms with Crippen LogP contribution < -0.4 is 14.9 Å². The maximum atomic E-state index is 12.7. The number of hydrogen-bond donors (Lipinski definition) is 1. The predicted octanol–water partition coefficient (Wildman–Crippen LogP) is 3.23. The second kappa shape index (κ2) is 9.31. The molecule has 0 saturated carbocycles. The van der Waals surface area contributed by atoms with E-state index in [1.807, 2.05) is 6.07 Å². The van der Waals surface area contributed by atoms with Gasteiger partial charge in [-0.3, -0.25) is 15.5 Å². The highest BCUT2D eigenvalue weighted by atomic mass is 32.2. The second-order valence-corrected chi connectivity index (χ2v) is 8.63. The lowest BCUT2D eigenvalue weighted by Gasteiger charge is -2.19. The Hall–Kier alpha value is -3.18. The largest absolute Gasteiger partial charge is 0.486 e. The van der Waals surface area contributed by atoms with Gasteiger partial charge in [0.25, 0.3) is 5.69 Å². The van der Waals surface area contributed by atoms with Crippen LogP contribution >= 0.6 is 0 Å². The molecule has 1 N–H and O–H groups in total. The number of rotatable bonds is 8. The predicted molar refractivity (Wildman–Crippen MR) is 116 cm³/mol.